The molecular formula is C19H25F3N4O3. The molecule has 0 aliphatic carbocycles. The van der Waals surface area contributed by atoms with Crippen LogP contribution in [-0.2, 0) is 4.74 Å². The molecule has 10 heteroatoms. The van der Waals surface area contributed by atoms with Gasteiger partial charge >= 0.3 is 12.2 Å². The van der Waals surface area contributed by atoms with Gasteiger partial charge in [-0.25, -0.2) is 4.79 Å². The molecule has 7 nitrogen and oxygen atoms in total. The van der Waals surface area contributed by atoms with Crippen molar-refractivity contribution < 1.29 is 27.5 Å². The number of likely N-dealkylation sites (tertiary alicyclic amines) is 1. The maximum Gasteiger partial charge on any atom is 0.405 e. The van der Waals surface area contributed by atoms with E-state index in [0.29, 0.717) is 24.7 Å². The summed E-state index contributed by atoms with van der Waals surface area (Å²) in [5, 5.41) is 4.58. The Labute approximate surface area is 167 Å². The van der Waals surface area contributed by atoms with Gasteiger partial charge in [0.25, 0.3) is 5.91 Å². The number of morpholine rings is 1. The number of halogens is 3. The number of rotatable bonds is 5. The third-order valence-corrected chi connectivity index (χ3v) is 5.04. The van der Waals surface area contributed by atoms with E-state index < -0.39 is 18.6 Å². The van der Waals surface area contributed by atoms with Gasteiger partial charge in [0, 0.05) is 44.0 Å². The number of alkyl halides is 3. The quantitative estimate of drug-likeness (QED) is 0.775. The van der Waals surface area contributed by atoms with Gasteiger partial charge in [0.2, 0.25) is 0 Å². The molecule has 29 heavy (non-hydrogen) atoms. The summed E-state index contributed by atoms with van der Waals surface area (Å²) in [6.45, 7) is 4.28. The Kier molecular flexibility index (Phi) is 6.96. The topological polar surface area (TPSA) is 73.9 Å². The molecule has 2 N–H and O–H groups in total. The molecule has 0 spiro atoms. The molecule has 2 aliphatic rings. The van der Waals surface area contributed by atoms with E-state index in [-0.39, 0.29) is 11.6 Å². The molecule has 2 aliphatic heterocycles. The zero-order chi connectivity index (χ0) is 20.9. The smallest absolute Gasteiger partial charge is 0.379 e. The van der Waals surface area contributed by atoms with Crippen LogP contribution in [0.1, 0.15) is 16.8 Å². The van der Waals surface area contributed by atoms with E-state index >= 15 is 0 Å². The minimum absolute atomic E-state index is 0.0963. The Morgan fingerprint density at radius 1 is 1.10 bits per heavy atom. The molecule has 160 valence electrons. The molecule has 1 aromatic carbocycles. The van der Waals surface area contributed by atoms with Gasteiger partial charge in [0.15, 0.2) is 0 Å². The first kappa shape index (κ1) is 21.4. The number of amides is 3. The molecule has 0 aromatic heterocycles. The number of nitrogens with one attached hydrogen (secondary N) is 2. The van der Waals surface area contributed by atoms with E-state index in [2.05, 4.69) is 10.2 Å². The van der Waals surface area contributed by atoms with Crippen molar-refractivity contribution in [1.29, 1.82) is 0 Å². The first-order chi connectivity index (χ1) is 13.8. The second kappa shape index (κ2) is 9.45. The fraction of sp³-hybridized carbons (Fsp3) is 0.579. The molecule has 1 unspecified atom stereocenters. The Morgan fingerprint density at radius 2 is 1.79 bits per heavy atom. The van der Waals surface area contributed by atoms with Gasteiger partial charge in [0.1, 0.15) is 6.54 Å². The second-order valence-electron chi connectivity index (χ2n) is 7.32. The van der Waals surface area contributed by atoms with E-state index in [1.54, 1.807) is 4.90 Å². The van der Waals surface area contributed by atoms with Gasteiger partial charge in [-0.15, -0.1) is 0 Å². The highest BCUT2D eigenvalue weighted by Crippen LogP contribution is 2.20. The Bertz CT molecular complexity index is 706. The fourth-order valence-electron chi connectivity index (χ4n) is 3.51. The maximum absolute atomic E-state index is 12.5. The number of hydrogen-bond donors (Lipinski definition) is 2. The summed E-state index contributed by atoms with van der Waals surface area (Å²) in [5.74, 6) is -0.385. The van der Waals surface area contributed by atoms with Crippen LogP contribution in [0.15, 0.2) is 24.3 Å². The second-order valence-corrected chi connectivity index (χ2v) is 7.32. The molecule has 1 aromatic rings. The summed E-state index contributed by atoms with van der Waals surface area (Å²) in [4.78, 5) is 28.3. The van der Waals surface area contributed by atoms with E-state index in [9.17, 15) is 22.8 Å². The van der Waals surface area contributed by atoms with E-state index in [1.165, 1.54) is 24.3 Å². The van der Waals surface area contributed by atoms with Crippen molar-refractivity contribution in [2.45, 2.75) is 12.6 Å². The third kappa shape index (κ3) is 6.60. The lowest BCUT2D eigenvalue weighted by Gasteiger charge is -2.29. The monoisotopic (exact) mass is 414 g/mol. The van der Waals surface area contributed by atoms with Gasteiger partial charge in [-0.3, -0.25) is 9.69 Å². The number of benzene rings is 1. The number of carbonyl (C=O) groups excluding carboxylic acids is 2. The molecule has 2 heterocycles. The zero-order valence-corrected chi connectivity index (χ0v) is 16.0. The van der Waals surface area contributed by atoms with E-state index in [0.717, 1.165) is 39.3 Å². The summed E-state index contributed by atoms with van der Waals surface area (Å²) >= 11 is 0. The van der Waals surface area contributed by atoms with Crippen LogP contribution in [0, 0.1) is 5.92 Å². The Hall–Kier alpha value is -2.33. The lowest BCUT2D eigenvalue weighted by atomic mass is 10.1. The van der Waals surface area contributed by atoms with Crippen molar-refractivity contribution in [1.82, 2.24) is 15.1 Å². The van der Waals surface area contributed by atoms with Crippen molar-refractivity contribution >= 4 is 17.6 Å². The van der Waals surface area contributed by atoms with E-state index in [1.807, 2.05) is 5.32 Å². The SMILES string of the molecule is O=C(NCC(F)(F)F)c1ccc(NC(=O)N2CCC(CN3CCOCC3)C2)cc1. The first-order valence-corrected chi connectivity index (χ1v) is 9.61. The number of anilines is 1. The minimum Gasteiger partial charge on any atom is -0.379 e. The zero-order valence-electron chi connectivity index (χ0n) is 16.0. The molecule has 0 radical (unpaired) electrons. The molecule has 3 rings (SSSR count). The van der Waals surface area contributed by atoms with Crippen LogP contribution >= 0.6 is 0 Å². The Morgan fingerprint density at radius 3 is 2.45 bits per heavy atom. The van der Waals surface area contributed by atoms with Crippen LogP contribution in [-0.4, -0.2) is 80.4 Å². The number of nitrogens with zero attached hydrogens (tertiary/aromatic N) is 2. The molecule has 3 amide bonds. The molecule has 0 saturated carbocycles. The highest BCUT2D eigenvalue weighted by Gasteiger charge is 2.29. The lowest BCUT2D eigenvalue weighted by molar-refractivity contribution is -0.123. The first-order valence-electron chi connectivity index (χ1n) is 9.61. The van der Waals surface area contributed by atoms with Crippen LogP contribution in [0.3, 0.4) is 0 Å². The van der Waals surface area contributed by atoms with Gasteiger partial charge in [-0.2, -0.15) is 13.2 Å². The van der Waals surface area contributed by atoms with Crippen molar-refractivity contribution in [3.8, 4) is 0 Å². The number of ether oxygens (including phenoxy) is 1. The van der Waals surface area contributed by atoms with Crippen LogP contribution in [0.4, 0.5) is 23.7 Å². The molecule has 0 bridgehead atoms. The third-order valence-electron chi connectivity index (χ3n) is 5.04. The standard InChI is InChI=1S/C19H25F3N4O3/c20-19(21,22)13-23-17(27)15-1-3-16(4-2-15)24-18(28)26-6-5-14(12-26)11-25-7-9-29-10-8-25/h1-4,14H,5-13H2,(H,23,27)(H,24,28). The normalized spacial score (nSPS) is 20.5. The number of hydrogen-bond acceptors (Lipinski definition) is 4. The summed E-state index contributed by atoms with van der Waals surface area (Å²) in [6.07, 6.45) is -3.51. The van der Waals surface area contributed by atoms with Crippen LogP contribution in [0.5, 0.6) is 0 Å². The molecule has 1 atom stereocenters. The summed E-state index contributed by atoms with van der Waals surface area (Å²) in [6, 6.07) is 5.55. The molecule has 2 saturated heterocycles. The van der Waals surface area contributed by atoms with Crippen molar-refractivity contribution in [2.75, 3.05) is 57.8 Å². The average Bonchev–Trinajstić information content (AvgIpc) is 3.15. The largest absolute Gasteiger partial charge is 0.405 e. The van der Waals surface area contributed by atoms with Crippen molar-refractivity contribution in [3.63, 3.8) is 0 Å². The maximum atomic E-state index is 12.5. The highest BCUT2D eigenvalue weighted by atomic mass is 19.4. The molecular weight excluding hydrogens is 389 g/mol. The predicted molar refractivity (Wildman–Crippen MR) is 101 cm³/mol. The highest BCUT2D eigenvalue weighted by molar-refractivity contribution is 5.95. The predicted octanol–water partition coefficient (Wildman–Crippen LogP) is 2.16. The fourth-order valence-corrected chi connectivity index (χ4v) is 3.51. The van der Waals surface area contributed by atoms with Crippen LogP contribution in [0.25, 0.3) is 0 Å². The van der Waals surface area contributed by atoms with Crippen LogP contribution in [0.2, 0.25) is 0 Å². The average molecular weight is 414 g/mol. The summed E-state index contributed by atoms with van der Waals surface area (Å²) < 4.78 is 41.9. The number of urea groups is 1. The van der Waals surface area contributed by atoms with Crippen LogP contribution < -0.4 is 10.6 Å². The number of carbonyl (C=O) groups is 2. The molecule has 2 fully saturated rings. The van der Waals surface area contributed by atoms with Crippen molar-refractivity contribution in [2.24, 2.45) is 5.92 Å². The van der Waals surface area contributed by atoms with Crippen molar-refractivity contribution in [3.05, 3.63) is 29.8 Å². The van der Waals surface area contributed by atoms with Gasteiger partial charge < -0.3 is 20.3 Å². The lowest BCUT2D eigenvalue weighted by Crippen LogP contribution is -2.40. The minimum atomic E-state index is -4.46. The van der Waals surface area contributed by atoms with Gasteiger partial charge in [0.05, 0.1) is 13.2 Å². The van der Waals surface area contributed by atoms with Gasteiger partial charge in [-0.1, -0.05) is 0 Å². The Balaban J connectivity index is 1.45. The summed E-state index contributed by atoms with van der Waals surface area (Å²) in [5.41, 5.74) is 0.581. The van der Waals surface area contributed by atoms with E-state index in [4.69, 9.17) is 4.74 Å². The summed E-state index contributed by atoms with van der Waals surface area (Å²) in [7, 11) is 0. The van der Waals surface area contributed by atoms with Gasteiger partial charge in [-0.05, 0) is 36.6 Å².